The summed E-state index contributed by atoms with van der Waals surface area (Å²) >= 11 is 0. The van der Waals surface area contributed by atoms with Gasteiger partial charge in [0.25, 0.3) is 0 Å². The van der Waals surface area contributed by atoms with Crippen LogP contribution in [0, 0.1) is 0 Å². The Morgan fingerprint density at radius 3 is 1.81 bits per heavy atom. The van der Waals surface area contributed by atoms with Crippen LogP contribution in [0.1, 0.15) is 46.6 Å². The fourth-order valence-corrected chi connectivity index (χ4v) is 2.24. The van der Waals surface area contributed by atoms with Gasteiger partial charge < -0.3 is 15.2 Å². The molecule has 146 valence electrons. The van der Waals surface area contributed by atoms with E-state index in [1.807, 2.05) is 69.3 Å². The van der Waals surface area contributed by atoms with Crippen molar-refractivity contribution in [1.82, 2.24) is 5.32 Å². The van der Waals surface area contributed by atoms with Crippen molar-refractivity contribution in [3.05, 3.63) is 66.2 Å². The van der Waals surface area contributed by atoms with E-state index < -0.39 is 0 Å². The van der Waals surface area contributed by atoms with E-state index in [4.69, 9.17) is 4.74 Å². The average Bonchev–Trinajstić information content (AvgIpc) is 2.70. The first-order valence-electron chi connectivity index (χ1n) is 9.53. The molecule has 0 unspecified atom stereocenters. The molecule has 0 heterocycles. The molecule has 2 rings (SSSR count). The summed E-state index contributed by atoms with van der Waals surface area (Å²) < 4.78 is 5.14. The highest BCUT2D eigenvalue weighted by atomic mass is 16.5. The molecule has 0 aliphatic rings. The van der Waals surface area contributed by atoms with Gasteiger partial charge in [0.1, 0.15) is 5.75 Å². The van der Waals surface area contributed by atoms with E-state index >= 15 is 0 Å². The zero-order valence-electron chi connectivity index (χ0n) is 17.3. The Morgan fingerprint density at radius 1 is 0.962 bits per heavy atom. The smallest absolute Gasteiger partial charge is 0.118 e. The monoisotopic (exact) mass is 359 g/mol. The first kappa shape index (κ1) is 24.2. The van der Waals surface area contributed by atoms with Crippen LogP contribution in [0.4, 0.5) is 0 Å². The lowest BCUT2D eigenvalue weighted by molar-refractivity contribution is 0.154. The van der Waals surface area contributed by atoms with E-state index in [1.165, 1.54) is 5.56 Å². The number of ether oxygens (including phenoxy) is 1. The summed E-state index contributed by atoms with van der Waals surface area (Å²) in [5.74, 6) is 0.880. The average molecular weight is 360 g/mol. The Labute approximate surface area is 160 Å². The predicted molar refractivity (Wildman–Crippen MR) is 113 cm³/mol. The van der Waals surface area contributed by atoms with Gasteiger partial charge in [0.2, 0.25) is 0 Å². The second-order valence-corrected chi connectivity index (χ2v) is 6.51. The number of hydrogen-bond acceptors (Lipinski definition) is 3. The Balaban J connectivity index is 0.000000648. The quantitative estimate of drug-likeness (QED) is 0.723. The molecule has 26 heavy (non-hydrogen) atoms. The first-order chi connectivity index (χ1) is 12.5. The number of benzene rings is 2. The molecule has 2 N–H and O–H groups in total. The highest BCUT2D eigenvalue weighted by Crippen LogP contribution is 2.16. The summed E-state index contributed by atoms with van der Waals surface area (Å²) in [6.45, 7) is 10.9. The lowest BCUT2D eigenvalue weighted by atomic mass is 9.94. The number of nitrogens with one attached hydrogen (secondary N) is 1. The largest absolute Gasteiger partial charge is 0.497 e. The minimum absolute atomic E-state index is 0.0231. The normalized spacial score (nSPS) is 11.3. The van der Waals surface area contributed by atoms with E-state index in [-0.39, 0.29) is 11.6 Å². The molecule has 2 aromatic carbocycles. The Kier molecular flexibility index (Phi) is 13.3. The molecule has 0 bridgehead atoms. The molecule has 2 aromatic rings. The van der Waals surface area contributed by atoms with Crippen LogP contribution < -0.4 is 10.1 Å². The van der Waals surface area contributed by atoms with Gasteiger partial charge in [-0.05, 0) is 44.4 Å². The van der Waals surface area contributed by atoms with Crippen molar-refractivity contribution in [1.29, 1.82) is 0 Å². The maximum Gasteiger partial charge on any atom is 0.118 e. The molecule has 0 saturated carbocycles. The number of aliphatic hydroxyl groups is 1. The maximum absolute atomic E-state index is 9.58. The first-order valence-corrected chi connectivity index (χ1v) is 9.53. The van der Waals surface area contributed by atoms with Crippen LogP contribution >= 0.6 is 0 Å². The van der Waals surface area contributed by atoms with Crippen molar-refractivity contribution in [3.63, 3.8) is 0 Å². The number of rotatable bonds is 7. The Morgan fingerprint density at radius 2 is 1.42 bits per heavy atom. The van der Waals surface area contributed by atoms with Crippen LogP contribution in [0.25, 0.3) is 0 Å². The highest BCUT2D eigenvalue weighted by Gasteiger charge is 2.18. The lowest BCUT2D eigenvalue weighted by Gasteiger charge is -2.28. The van der Waals surface area contributed by atoms with Crippen molar-refractivity contribution in [3.8, 4) is 5.75 Å². The SMILES string of the molecule is CC.CC[C@@H](O)CNC(C)(C)Cc1ccc(OC)cc1.c1ccccc1. The molecule has 0 saturated heterocycles. The third-order valence-electron chi connectivity index (χ3n) is 3.76. The standard InChI is InChI=1S/C15H25NO2.C6H6.C2H6/c1-5-13(17)11-16-15(2,3)10-12-6-8-14(18-4)9-7-12;1-2-4-6-5-3-1;1-2/h6-9,13,16-17H,5,10-11H2,1-4H3;1-6H;1-2H3/t13-;;/m1../s1. The molecule has 0 aliphatic heterocycles. The van der Waals surface area contributed by atoms with Gasteiger partial charge in [-0.2, -0.15) is 0 Å². The van der Waals surface area contributed by atoms with Crippen molar-refractivity contribution < 1.29 is 9.84 Å². The molecule has 0 spiro atoms. The zero-order chi connectivity index (χ0) is 19.8. The fraction of sp³-hybridized carbons (Fsp3) is 0.478. The zero-order valence-corrected chi connectivity index (χ0v) is 17.3. The maximum atomic E-state index is 9.58. The molecular formula is C23H37NO2. The van der Waals surface area contributed by atoms with Gasteiger partial charge in [-0.25, -0.2) is 0 Å². The fourth-order valence-electron chi connectivity index (χ4n) is 2.24. The molecule has 0 fully saturated rings. The second kappa shape index (κ2) is 14.3. The van der Waals surface area contributed by atoms with E-state index in [9.17, 15) is 5.11 Å². The minimum atomic E-state index is -0.264. The molecule has 0 radical (unpaired) electrons. The molecule has 3 nitrogen and oxygen atoms in total. The lowest BCUT2D eigenvalue weighted by Crippen LogP contribution is -2.44. The molecular weight excluding hydrogens is 322 g/mol. The third kappa shape index (κ3) is 11.7. The van der Waals surface area contributed by atoms with Crippen molar-refractivity contribution in [2.24, 2.45) is 0 Å². The van der Waals surface area contributed by atoms with Crippen molar-refractivity contribution in [2.45, 2.75) is 59.1 Å². The third-order valence-corrected chi connectivity index (χ3v) is 3.76. The van der Waals surface area contributed by atoms with Crippen LogP contribution in [-0.4, -0.2) is 30.4 Å². The van der Waals surface area contributed by atoms with Gasteiger partial charge >= 0.3 is 0 Å². The van der Waals surface area contributed by atoms with E-state index in [2.05, 4.69) is 31.3 Å². The van der Waals surface area contributed by atoms with Crippen molar-refractivity contribution in [2.75, 3.05) is 13.7 Å². The number of aliphatic hydroxyl groups excluding tert-OH is 1. The van der Waals surface area contributed by atoms with Gasteiger partial charge in [-0.1, -0.05) is 69.3 Å². The summed E-state index contributed by atoms with van der Waals surface area (Å²) in [5, 5.41) is 13.0. The van der Waals surface area contributed by atoms with E-state index in [1.54, 1.807) is 7.11 Å². The van der Waals surface area contributed by atoms with Crippen molar-refractivity contribution >= 4 is 0 Å². The summed E-state index contributed by atoms with van der Waals surface area (Å²) in [7, 11) is 1.67. The van der Waals surface area contributed by atoms with Gasteiger partial charge in [0.05, 0.1) is 13.2 Å². The predicted octanol–water partition coefficient (Wildman–Crippen LogP) is 5.09. The van der Waals surface area contributed by atoms with Gasteiger partial charge in [0, 0.05) is 12.1 Å². The Hall–Kier alpha value is -1.84. The van der Waals surface area contributed by atoms with Gasteiger partial charge in [-0.3, -0.25) is 0 Å². The molecule has 0 aliphatic carbocycles. The number of β-amino-alcohol motifs (C(OH)–C–C–N with tert-alkyl or cyclic N) is 1. The van der Waals surface area contributed by atoms with Crippen LogP contribution in [0.2, 0.25) is 0 Å². The number of methoxy groups -OCH3 is 1. The second-order valence-electron chi connectivity index (χ2n) is 6.51. The van der Waals surface area contributed by atoms with Crippen LogP contribution in [0.5, 0.6) is 5.75 Å². The molecule has 0 aromatic heterocycles. The highest BCUT2D eigenvalue weighted by molar-refractivity contribution is 5.28. The summed E-state index contributed by atoms with van der Waals surface area (Å²) in [6, 6.07) is 20.1. The summed E-state index contributed by atoms with van der Waals surface area (Å²) in [6.07, 6.45) is 1.44. The summed E-state index contributed by atoms with van der Waals surface area (Å²) in [5.41, 5.74) is 1.24. The van der Waals surface area contributed by atoms with Gasteiger partial charge in [-0.15, -0.1) is 0 Å². The van der Waals surface area contributed by atoms with Crippen LogP contribution in [-0.2, 0) is 6.42 Å². The van der Waals surface area contributed by atoms with Crippen LogP contribution in [0.3, 0.4) is 0 Å². The summed E-state index contributed by atoms with van der Waals surface area (Å²) in [4.78, 5) is 0. The van der Waals surface area contributed by atoms with Crippen LogP contribution in [0.15, 0.2) is 60.7 Å². The topological polar surface area (TPSA) is 41.5 Å². The number of hydrogen-bond donors (Lipinski definition) is 2. The van der Waals surface area contributed by atoms with Gasteiger partial charge in [0.15, 0.2) is 0 Å². The van der Waals surface area contributed by atoms with E-state index in [0.29, 0.717) is 6.54 Å². The van der Waals surface area contributed by atoms with E-state index in [0.717, 1.165) is 18.6 Å². The molecule has 0 amide bonds. The Bertz CT molecular complexity index is 511. The minimum Gasteiger partial charge on any atom is -0.497 e. The molecule has 1 atom stereocenters. The molecule has 3 heteroatoms.